The Labute approximate surface area is 111 Å². The predicted molar refractivity (Wildman–Crippen MR) is 71.3 cm³/mol. The first-order valence-corrected chi connectivity index (χ1v) is 6.04. The number of pyridine rings is 1. The molecule has 1 heterocycles. The molecule has 1 N–H and O–H groups in total. The van der Waals surface area contributed by atoms with Gasteiger partial charge in [0, 0.05) is 17.4 Å². The van der Waals surface area contributed by atoms with Crippen LogP contribution in [0.25, 0.3) is 0 Å². The molecule has 2 nitrogen and oxygen atoms in total. The summed E-state index contributed by atoms with van der Waals surface area (Å²) >= 11 is 6.15. The summed E-state index contributed by atoms with van der Waals surface area (Å²) in [5.41, 5.74) is 2.81. The van der Waals surface area contributed by atoms with Gasteiger partial charge in [-0.1, -0.05) is 11.6 Å². The van der Waals surface area contributed by atoms with Crippen LogP contribution in [-0.4, -0.2) is 12.0 Å². The van der Waals surface area contributed by atoms with Gasteiger partial charge in [-0.3, -0.25) is 4.98 Å². The van der Waals surface area contributed by atoms with E-state index in [0.717, 1.165) is 16.7 Å². The van der Waals surface area contributed by atoms with E-state index >= 15 is 0 Å². The molecule has 2 rings (SSSR count). The number of aromatic nitrogens is 1. The van der Waals surface area contributed by atoms with Crippen molar-refractivity contribution in [1.29, 1.82) is 0 Å². The van der Waals surface area contributed by atoms with Gasteiger partial charge in [0.1, 0.15) is 5.82 Å². The van der Waals surface area contributed by atoms with E-state index in [1.54, 1.807) is 18.5 Å². The maximum Gasteiger partial charge on any atom is 0.123 e. The minimum atomic E-state index is -0.290. The van der Waals surface area contributed by atoms with Crippen LogP contribution >= 0.6 is 11.6 Å². The molecule has 1 aromatic carbocycles. The van der Waals surface area contributed by atoms with Gasteiger partial charge in [0.25, 0.3) is 0 Å². The molecule has 0 aliphatic carbocycles. The third-order valence-corrected chi connectivity index (χ3v) is 3.28. The molecule has 0 spiro atoms. The lowest BCUT2D eigenvalue weighted by Crippen LogP contribution is -2.19. The highest BCUT2D eigenvalue weighted by Crippen LogP contribution is 2.30. The molecule has 0 saturated heterocycles. The molecule has 0 aliphatic heterocycles. The summed E-state index contributed by atoms with van der Waals surface area (Å²) in [4.78, 5) is 4.06. The number of benzene rings is 1. The van der Waals surface area contributed by atoms with E-state index in [4.69, 9.17) is 11.6 Å². The highest BCUT2D eigenvalue weighted by molar-refractivity contribution is 6.31. The zero-order valence-corrected chi connectivity index (χ0v) is 11.0. The first-order chi connectivity index (χ1) is 8.63. The van der Waals surface area contributed by atoms with E-state index in [1.807, 2.05) is 20.0 Å². The van der Waals surface area contributed by atoms with Gasteiger partial charge in [-0.2, -0.15) is 0 Å². The number of nitrogens with one attached hydrogen (secondary N) is 1. The minimum absolute atomic E-state index is 0.142. The molecule has 2 aromatic rings. The summed E-state index contributed by atoms with van der Waals surface area (Å²) in [7, 11) is 1.83. The van der Waals surface area contributed by atoms with Gasteiger partial charge < -0.3 is 5.32 Å². The quantitative estimate of drug-likeness (QED) is 0.918. The van der Waals surface area contributed by atoms with Crippen molar-refractivity contribution in [3.05, 3.63) is 64.2 Å². The maximum atomic E-state index is 13.4. The lowest BCUT2D eigenvalue weighted by molar-refractivity contribution is 0.616. The van der Waals surface area contributed by atoms with E-state index in [2.05, 4.69) is 10.3 Å². The maximum absolute atomic E-state index is 13.4. The van der Waals surface area contributed by atoms with Crippen molar-refractivity contribution in [3.8, 4) is 0 Å². The van der Waals surface area contributed by atoms with Crippen LogP contribution in [0.3, 0.4) is 0 Å². The molecule has 4 heteroatoms. The fourth-order valence-electron chi connectivity index (χ4n) is 2.02. The van der Waals surface area contributed by atoms with E-state index in [0.29, 0.717) is 5.02 Å². The summed E-state index contributed by atoms with van der Waals surface area (Å²) in [6.07, 6.45) is 3.51. The molecule has 0 fully saturated rings. The molecule has 0 radical (unpaired) electrons. The Morgan fingerprint density at radius 2 is 2.06 bits per heavy atom. The molecule has 94 valence electrons. The number of hydrogen-bond donors (Lipinski definition) is 1. The SMILES string of the molecule is CNC(c1ccncc1C)c1cc(F)ccc1Cl. The molecule has 0 aliphatic rings. The summed E-state index contributed by atoms with van der Waals surface area (Å²) < 4.78 is 13.4. The third kappa shape index (κ3) is 2.52. The number of aryl methyl sites for hydroxylation is 1. The van der Waals surface area contributed by atoms with Gasteiger partial charge in [-0.25, -0.2) is 4.39 Å². The fraction of sp³-hybridized carbons (Fsp3) is 0.214. The Hall–Kier alpha value is -1.45. The van der Waals surface area contributed by atoms with E-state index in [1.165, 1.54) is 12.1 Å². The minimum Gasteiger partial charge on any atom is -0.309 e. The van der Waals surface area contributed by atoms with Gasteiger partial charge in [0.2, 0.25) is 0 Å². The van der Waals surface area contributed by atoms with Gasteiger partial charge in [0.05, 0.1) is 6.04 Å². The summed E-state index contributed by atoms with van der Waals surface area (Å²) in [5, 5.41) is 3.71. The second-order valence-corrected chi connectivity index (χ2v) is 4.53. The van der Waals surface area contributed by atoms with Gasteiger partial charge >= 0.3 is 0 Å². The highest BCUT2D eigenvalue weighted by atomic mass is 35.5. The van der Waals surface area contributed by atoms with Crippen LogP contribution in [0.2, 0.25) is 5.02 Å². The molecule has 18 heavy (non-hydrogen) atoms. The van der Waals surface area contributed by atoms with Crippen molar-refractivity contribution in [2.24, 2.45) is 0 Å². The van der Waals surface area contributed by atoms with Crippen LogP contribution in [0.4, 0.5) is 4.39 Å². The van der Waals surface area contributed by atoms with Crippen LogP contribution < -0.4 is 5.32 Å². The molecule has 1 atom stereocenters. The van der Waals surface area contributed by atoms with Crippen LogP contribution in [0, 0.1) is 12.7 Å². The fourth-order valence-corrected chi connectivity index (χ4v) is 2.25. The normalized spacial score (nSPS) is 12.4. The molecule has 1 aromatic heterocycles. The Morgan fingerprint density at radius 3 is 2.72 bits per heavy atom. The van der Waals surface area contributed by atoms with Crippen molar-refractivity contribution in [3.63, 3.8) is 0 Å². The van der Waals surface area contributed by atoms with Gasteiger partial charge in [-0.05, 0) is 54.9 Å². The van der Waals surface area contributed by atoms with Crippen molar-refractivity contribution < 1.29 is 4.39 Å². The van der Waals surface area contributed by atoms with Crippen molar-refractivity contribution in [1.82, 2.24) is 10.3 Å². The molecule has 1 unspecified atom stereocenters. The van der Waals surface area contributed by atoms with Gasteiger partial charge in [0.15, 0.2) is 0 Å². The van der Waals surface area contributed by atoms with Crippen LogP contribution in [-0.2, 0) is 0 Å². The summed E-state index contributed by atoms with van der Waals surface area (Å²) in [6.45, 7) is 1.97. The Bertz CT molecular complexity index is 557. The summed E-state index contributed by atoms with van der Waals surface area (Å²) in [6, 6.07) is 6.17. The zero-order chi connectivity index (χ0) is 13.1. The molecular weight excluding hydrogens is 251 g/mol. The average molecular weight is 265 g/mol. The molecule has 0 amide bonds. The Kier molecular flexibility index (Phi) is 3.94. The van der Waals surface area contributed by atoms with Crippen LogP contribution in [0.15, 0.2) is 36.7 Å². The third-order valence-electron chi connectivity index (χ3n) is 2.93. The molecular formula is C14H14ClFN2. The Morgan fingerprint density at radius 1 is 1.28 bits per heavy atom. The van der Waals surface area contributed by atoms with Crippen LogP contribution in [0.1, 0.15) is 22.7 Å². The monoisotopic (exact) mass is 264 g/mol. The first kappa shape index (κ1) is 13.0. The standard InChI is InChI=1S/C14H14ClFN2/c1-9-8-18-6-5-11(9)14(17-2)12-7-10(16)3-4-13(12)15/h3-8,14,17H,1-2H3. The van der Waals surface area contributed by atoms with E-state index < -0.39 is 0 Å². The second-order valence-electron chi connectivity index (χ2n) is 4.12. The van der Waals surface area contributed by atoms with Gasteiger partial charge in [-0.15, -0.1) is 0 Å². The topological polar surface area (TPSA) is 24.9 Å². The smallest absolute Gasteiger partial charge is 0.123 e. The van der Waals surface area contributed by atoms with E-state index in [-0.39, 0.29) is 11.9 Å². The predicted octanol–water partition coefficient (Wildman–Crippen LogP) is 3.49. The Balaban J connectivity index is 2.52. The lowest BCUT2D eigenvalue weighted by atomic mass is 9.96. The molecule has 0 saturated carbocycles. The number of rotatable bonds is 3. The largest absolute Gasteiger partial charge is 0.309 e. The van der Waals surface area contributed by atoms with Crippen molar-refractivity contribution >= 4 is 11.6 Å². The van der Waals surface area contributed by atoms with Crippen molar-refractivity contribution in [2.75, 3.05) is 7.05 Å². The first-order valence-electron chi connectivity index (χ1n) is 5.66. The highest BCUT2D eigenvalue weighted by Gasteiger charge is 2.17. The average Bonchev–Trinajstić information content (AvgIpc) is 2.36. The number of hydrogen-bond acceptors (Lipinski definition) is 2. The molecule has 0 bridgehead atoms. The number of nitrogens with zero attached hydrogens (tertiary/aromatic N) is 1. The summed E-state index contributed by atoms with van der Waals surface area (Å²) in [5.74, 6) is -0.290. The van der Waals surface area contributed by atoms with Crippen molar-refractivity contribution in [2.45, 2.75) is 13.0 Å². The second kappa shape index (κ2) is 5.46. The van der Waals surface area contributed by atoms with Crippen LogP contribution in [0.5, 0.6) is 0 Å². The zero-order valence-electron chi connectivity index (χ0n) is 10.2. The lowest BCUT2D eigenvalue weighted by Gasteiger charge is -2.20. The van der Waals surface area contributed by atoms with E-state index in [9.17, 15) is 4.39 Å². The number of halogens is 2.